The molecule has 0 aromatic heterocycles. The molecular formula is C17H30BNO4. The second-order valence-electron chi connectivity index (χ2n) is 9.40. The van der Waals surface area contributed by atoms with E-state index in [4.69, 9.17) is 14.0 Å². The van der Waals surface area contributed by atoms with Gasteiger partial charge < -0.3 is 18.9 Å². The molecule has 0 aromatic rings. The molecule has 3 fully saturated rings. The molecule has 0 N–H and O–H groups in total. The van der Waals surface area contributed by atoms with Gasteiger partial charge in [0.2, 0.25) is 0 Å². The molecule has 2 aliphatic heterocycles. The number of likely N-dealkylation sites (tertiary alicyclic amines) is 1. The Morgan fingerprint density at radius 2 is 1.74 bits per heavy atom. The molecule has 0 aromatic carbocycles. The van der Waals surface area contributed by atoms with Crippen molar-refractivity contribution < 1.29 is 18.8 Å². The van der Waals surface area contributed by atoms with Crippen LogP contribution in [0.5, 0.6) is 0 Å². The third kappa shape index (κ3) is 2.89. The average Bonchev–Trinajstić information content (AvgIpc) is 3.04. The summed E-state index contributed by atoms with van der Waals surface area (Å²) >= 11 is 0. The van der Waals surface area contributed by atoms with Gasteiger partial charge in [-0.2, -0.15) is 0 Å². The monoisotopic (exact) mass is 323 g/mol. The van der Waals surface area contributed by atoms with Crippen LogP contribution in [0.2, 0.25) is 5.31 Å². The number of carbonyl (C=O) groups is 1. The van der Waals surface area contributed by atoms with Crippen molar-refractivity contribution in [2.24, 2.45) is 5.92 Å². The van der Waals surface area contributed by atoms with E-state index in [-0.39, 0.29) is 29.7 Å². The van der Waals surface area contributed by atoms with E-state index >= 15 is 0 Å². The fraction of sp³-hybridized carbons (Fsp3) is 0.941. The number of carbonyl (C=O) groups excluding carboxylic acids is 1. The predicted octanol–water partition coefficient (Wildman–Crippen LogP) is 3.48. The van der Waals surface area contributed by atoms with Crippen LogP contribution in [0.1, 0.15) is 61.3 Å². The Morgan fingerprint density at radius 1 is 1.17 bits per heavy atom. The summed E-state index contributed by atoms with van der Waals surface area (Å²) in [6.07, 6.45) is 1.79. The molecule has 0 bridgehead atoms. The number of piperidine rings is 1. The first-order chi connectivity index (χ1) is 10.4. The highest BCUT2D eigenvalue weighted by Crippen LogP contribution is 2.69. The van der Waals surface area contributed by atoms with Crippen molar-refractivity contribution in [3.8, 4) is 0 Å². The number of ether oxygens (including phenoxy) is 1. The van der Waals surface area contributed by atoms with Crippen LogP contribution in [0, 0.1) is 5.92 Å². The average molecular weight is 323 g/mol. The molecule has 2 heterocycles. The molecule has 1 amide bonds. The Hall–Kier alpha value is -0.745. The molecule has 0 radical (unpaired) electrons. The van der Waals surface area contributed by atoms with Crippen molar-refractivity contribution in [3.05, 3.63) is 0 Å². The summed E-state index contributed by atoms with van der Waals surface area (Å²) in [6, 6.07) is 0. The lowest BCUT2D eigenvalue weighted by molar-refractivity contribution is 0.00578. The topological polar surface area (TPSA) is 48.0 Å². The summed E-state index contributed by atoms with van der Waals surface area (Å²) in [5.74, 6) is 0.457. The summed E-state index contributed by atoms with van der Waals surface area (Å²) in [7, 11) is -0.154. The second kappa shape index (κ2) is 4.88. The van der Waals surface area contributed by atoms with Gasteiger partial charge in [0.1, 0.15) is 5.60 Å². The smallest absolute Gasteiger partial charge is 0.444 e. The molecule has 3 rings (SSSR count). The van der Waals surface area contributed by atoms with Gasteiger partial charge in [-0.05, 0) is 67.2 Å². The van der Waals surface area contributed by atoms with Crippen LogP contribution in [0.25, 0.3) is 0 Å². The minimum Gasteiger partial charge on any atom is -0.444 e. The van der Waals surface area contributed by atoms with Gasteiger partial charge in [0.15, 0.2) is 0 Å². The zero-order valence-electron chi connectivity index (χ0n) is 15.6. The molecule has 0 spiro atoms. The Morgan fingerprint density at radius 3 is 2.22 bits per heavy atom. The van der Waals surface area contributed by atoms with E-state index in [1.165, 1.54) is 0 Å². The number of nitrogens with zero attached hydrogens (tertiary/aromatic N) is 1. The fourth-order valence-corrected chi connectivity index (χ4v) is 3.63. The van der Waals surface area contributed by atoms with Gasteiger partial charge >= 0.3 is 13.2 Å². The van der Waals surface area contributed by atoms with Crippen molar-refractivity contribution >= 4 is 13.2 Å². The van der Waals surface area contributed by atoms with Crippen molar-refractivity contribution in [1.82, 2.24) is 4.90 Å². The molecule has 6 heteroatoms. The van der Waals surface area contributed by atoms with Gasteiger partial charge in [0.05, 0.1) is 11.2 Å². The van der Waals surface area contributed by atoms with Crippen LogP contribution < -0.4 is 0 Å². The van der Waals surface area contributed by atoms with E-state index in [1.807, 2.05) is 25.7 Å². The van der Waals surface area contributed by atoms with Crippen LogP contribution in [-0.4, -0.2) is 48.0 Å². The van der Waals surface area contributed by atoms with Gasteiger partial charge in [0, 0.05) is 18.4 Å². The maximum Gasteiger partial charge on any atom is 0.464 e. The fourth-order valence-electron chi connectivity index (χ4n) is 3.63. The highest BCUT2D eigenvalue weighted by Gasteiger charge is 2.70. The molecular weight excluding hydrogens is 293 g/mol. The van der Waals surface area contributed by atoms with Crippen molar-refractivity contribution in [1.29, 1.82) is 0 Å². The van der Waals surface area contributed by atoms with E-state index in [0.29, 0.717) is 5.92 Å². The highest BCUT2D eigenvalue weighted by molar-refractivity contribution is 6.51. The van der Waals surface area contributed by atoms with E-state index in [9.17, 15) is 4.79 Å². The normalized spacial score (nSPS) is 35.0. The van der Waals surface area contributed by atoms with Gasteiger partial charge in [0.25, 0.3) is 0 Å². The maximum absolute atomic E-state index is 12.3. The minimum absolute atomic E-state index is 0.0869. The zero-order chi connectivity index (χ0) is 17.3. The molecule has 3 aliphatic rings. The standard InChI is InChI=1S/C17H30BNO4/c1-14(2,3)21-13(20)19-9-8-17(10-12(17)11-19)18-22-15(4,5)16(6,7)23-18/h12H,8-11H2,1-7H3. The van der Waals surface area contributed by atoms with E-state index in [2.05, 4.69) is 27.7 Å². The van der Waals surface area contributed by atoms with E-state index in [1.54, 1.807) is 0 Å². The summed E-state index contributed by atoms with van der Waals surface area (Å²) in [5, 5.41) is 0.0869. The molecule has 1 aliphatic carbocycles. The third-order valence-corrected chi connectivity index (χ3v) is 5.94. The summed E-state index contributed by atoms with van der Waals surface area (Å²) in [5.41, 5.74) is -1.02. The number of fused-ring (bicyclic) bond motifs is 1. The molecule has 2 saturated heterocycles. The molecule has 2 unspecified atom stereocenters. The highest BCUT2D eigenvalue weighted by atomic mass is 16.7. The zero-order valence-corrected chi connectivity index (χ0v) is 15.6. The van der Waals surface area contributed by atoms with Crippen molar-refractivity contribution in [2.75, 3.05) is 13.1 Å². The maximum atomic E-state index is 12.3. The summed E-state index contributed by atoms with van der Waals surface area (Å²) in [4.78, 5) is 14.1. The number of hydrogen-bond acceptors (Lipinski definition) is 4. The van der Waals surface area contributed by atoms with E-state index in [0.717, 1.165) is 25.9 Å². The summed E-state index contributed by atoms with van der Waals surface area (Å²) in [6.45, 7) is 15.6. The molecule has 5 nitrogen and oxygen atoms in total. The largest absolute Gasteiger partial charge is 0.464 e. The van der Waals surface area contributed by atoms with Gasteiger partial charge in [-0.15, -0.1) is 0 Å². The number of amides is 1. The quantitative estimate of drug-likeness (QED) is 0.693. The van der Waals surface area contributed by atoms with E-state index < -0.39 is 5.60 Å². The third-order valence-electron chi connectivity index (χ3n) is 5.94. The lowest BCUT2D eigenvalue weighted by atomic mass is 9.63. The van der Waals surface area contributed by atoms with Crippen LogP contribution in [0.4, 0.5) is 4.79 Å². The molecule has 1 saturated carbocycles. The Bertz CT molecular complexity index is 497. The van der Waals surface area contributed by atoms with Gasteiger partial charge in [-0.1, -0.05) is 0 Å². The SMILES string of the molecule is CC(C)(C)OC(=O)N1CCC2(B3OC(C)(C)C(C)(C)O3)CC2C1. The number of rotatable bonds is 1. The Labute approximate surface area is 140 Å². The van der Waals surface area contributed by atoms with Crippen LogP contribution >= 0.6 is 0 Å². The van der Waals surface area contributed by atoms with Crippen LogP contribution in [0.15, 0.2) is 0 Å². The number of hydrogen-bond donors (Lipinski definition) is 0. The first-order valence-electron chi connectivity index (χ1n) is 8.70. The summed E-state index contributed by atoms with van der Waals surface area (Å²) < 4.78 is 18.0. The first kappa shape index (κ1) is 17.1. The molecule has 130 valence electrons. The predicted molar refractivity (Wildman–Crippen MR) is 89.3 cm³/mol. The lowest BCUT2D eigenvalue weighted by Crippen LogP contribution is -2.44. The van der Waals surface area contributed by atoms with Crippen LogP contribution in [0.3, 0.4) is 0 Å². The minimum atomic E-state index is -0.444. The van der Waals surface area contributed by atoms with Crippen molar-refractivity contribution in [2.45, 2.75) is 83.4 Å². The van der Waals surface area contributed by atoms with Gasteiger partial charge in [-0.25, -0.2) is 4.79 Å². The Kier molecular flexibility index (Phi) is 3.63. The van der Waals surface area contributed by atoms with Crippen molar-refractivity contribution in [3.63, 3.8) is 0 Å². The lowest BCUT2D eigenvalue weighted by Gasteiger charge is -2.33. The second-order valence-corrected chi connectivity index (χ2v) is 9.40. The van der Waals surface area contributed by atoms with Gasteiger partial charge in [-0.3, -0.25) is 0 Å². The van der Waals surface area contributed by atoms with Crippen LogP contribution in [-0.2, 0) is 14.0 Å². The Balaban J connectivity index is 1.62. The first-order valence-corrected chi connectivity index (χ1v) is 8.70. The molecule has 2 atom stereocenters. The molecule has 23 heavy (non-hydrogen) atoms.